The Balaban J connectivity index is 2.03. The van der Waals surface area contributed by atoms with Gasteiger partial charge in [-0.15, -0.1) is 22.0 Å². The molecule has 1 aliphatic rings. The van der Waals surface area contributed by atoms with Gasteiger partial charge in [0.1, 0.15) is 0 Å². The molecule has 1 N–H and O–H groups in total. The number of hydrogen-bond donors (Lipinski definition) is 1. The Morgan fingerprint density at radius 2 is 1.83 bits per heavy atom. The summed E-state index contributed by atoms with van der Waals surface area (Å²) in [5, 5.41) is 10.0. The quantitative estimate of drug-likeness (QED) is 0.687. The van der Waals surface area contributed by atoms with Crippen LogP contribution in [0.4, 0.5) is 24.7 Å². The first-order chi connectivity index (χ1) is 13.8. The number of nitrogens with one attached hydrogen (secondary N) is 1. The van der Waals surface area contributed by atoms with E-state index in [1.54, 1.807) is 18.2 Å². The van der Waals surface area contributed by atoms with Crippen LogP contribution in [0.15, 0.2) is 29.2 Å². The summed E-state index contributed by atoms with van der Waals surface area (Å²) in [4.78, 5) is 15.9. The maximum atomic E-state index is 13.4. The minimum Gasteiger partial charge on any atom is -0.354 e. The molecule has 156 valence electrons. The van der Waals surface area contributed by atoms with E-state index in [4.69, 9.17) is 0 Å². The Kier molecular flexibility index (Phi) is 6.66. The number of hydrogen-bond acceptors (Lipinski definition) is 5. The molecule has 2 aromatic rings. The standard InChI is InChI=1S/C20H23F3N4OS/c1-13-16(19(28)24-14-8-7-9-15(12-14)29-2)18(26-25-17(13)20(21,22)23)27-10-5-3-4-6-11-27/h7-9,12H,3-6,10-11H2,1-2H3,(H,24,28). The van der Waals surface area contributed by atoms with E-state index in [0.717, 1.165) is 30.6 Å². The average molecular weight is 424 g/mol. The molecule has 0 radical (unpaired) electrons. The van der Waals surface area contributed by atoms with Crippen molar-refractivity contribution in [2.24, 2.45) is 0 Å². The molecule has 1 aliphatic heterocycles. The van der Waals surface area contributed by atoms with Crippen LogP contribution in [0.3, 0.4) is 0 Å². The van der Waals surface area contributed by atoms with Crippen molar-refractivity contribution in [3.8, 4) is 0 Å². The van der Waals surface area contributed by atoms with Crippen LogP contribution in [0.5, 0.6) is 0 Å². The summed E-state index contributed by atoms with van der Waals surface area (Å²) >= 11 is 1.51. The Morgan fingerprint density at radius 3 is 2.45 bits per heavy atom. The van der Waals surface area contributed by atoms with Crippen LogP contribution in [-0.4, -0.2) is 35.4 Å². The third-order valence-corrected chi connectivity index (χ3v) is 5.65. The minimum absolute atomic E-state index is 0.0659. The molecule has 5 nitrogen and oxygen atoms in total. The van der Waals surface area contributed by atoms with E-state index in [2.05, 4.69) is 15.5 Å². The van der Waals surface area contributed by atoms with E-state index in [-0.39, 0.29) is 16.9 Å². The second kappa shape index (κ2) is 9.02. The monoisotopic (exact) mass is 424 g/mol. The van der Waals surface area contributed by atoms with Crippen molar-refractivity contribution in [2.75, 3.05) is 29.6 Å². The van der Waals surface area contributed by atoms with Crippen molar-refractivity contribution in [3.63, 3.8) is 0 Å². The molecule has 1 saturated heterocycles. The second-order valence-electron chi connectivity index (χ2n) is 6.96. The van der Waals surface area contributed by atoms with Gasteiger partial charge in [0.2, 0.25) is 0 Å². The number of nitrogens with zero attached hydrogens (tertiary/aromatic N) is 3. The van der Waals surface area contributed by atoms with E-state index >= 15 is 0 Å². The van der Waals surface area contributed by atoms with Crippen LogP contribution in [-0.2, 0) is 6.18 Å². The molecular weight excluding hydrogens is 401 g/mol. The fraction of sp³-hybridized carbons (Fsp3) is 0.450. The van der Waals surface area contributed by atoms with Crippen molar-refractivity contribution in [3.05, 3.63) is 41.1 Å². The lowest BCUT2D eigenvalue weighted by Crippen LogP contribution is -2.30. The second-order valence-corrected chi connectivity index (χ2v) is 7.84. The van der Waals surface area contributed by atoms with E-state index in [1.807, 2.05) is 17.2 Å². The molecule has 2 heterocycles. The summed E-state index contributed by atoms with van der Waals surface area (Å²) in [6, 6.07) is 7.17. The van der Waals surface area contributed by atoms with Crippen molar-refractivity contribution < 1.29 is 18.0 Å². The first-order valence-electron chi connectivity index (χ1n) is 9.46. The molecule has 3 rings (SSSR count). The number of alkyl halides is 3. The number of rotatable bonds is 4. The Labute approximate surface area is 172 Å². The van der Waals surface area contributed by atoms with Gasteiger partial charge in [-0.05, 0) is 49.8 Å². The summed E-state index contributed by atoms with van der Waals surface area (Å²) in [5.41, 5.74) is -0.874. The summed E-state index contributed by atoms with van der Waals surface area (Å²) in [6.45, 7) is 2.56. The number of thioether (sulfide) groups is 1. The van der Waals surface area contributed by atoms with Gasteiger partial charge in [-0.2, -0.15) is 13.2 Å². The van der Waals surface area contributed by atoms with Gasteiger partial charge >= 0.3 is 6.18 Å². The molecule has 1 aromatic carbocycles. The van der Waals surface area contributed by atoms with Crippen molar-refractivity contribution in [2.45, 2.75) is 43.7 Å². The normalized spacial score (nSPS) is 15.1. The van der Waals surface area contributed by atoms with Crippen LogP contribution in [0, 0.1) is 6.92 Å². The maximum Gasteiger partial charge on any atom is 0.435 e. The predicted octanol–water partition coefficient (Wildman–Crippen LogP) is 5.16. The van der Waals surface area contributed by atoms with Gasteiger partial charge in [0, 0.05) is 23.7 Å². The molecule has 0 unspecified atom stereocenters. The third-order valence-electron chi connectivity index (χ3n) is 4.93. The Hall–Kier alpha value is -2.29. The fourth-order valence-corrected chi connectivity index (χ4v) is 3.91. The van der Waals surface area contributed by atoms with Gasteiger partial charge in [-0.3, -0.25) is 4.79 Å². The maximum absolute atomic E-state index is 13.4. The van der Waals surface area contributed by atoms with E-state index < -0.39 is 17.8 Å². The van der Waals surface area contributed by atoms with Crippen molar-refractivity contribution in [1.82, 2.24) is 10.2 Å². The van der Waals surface area contributed by atoms with Gasteiger partial charge in [-0.1, -0.05) is 18.9 Å². The highest BCUT2D eigenvalue weighted by atomic mass is 32.2. The molecular formula is C20H23F3N4OS. The van der Waals surface area contributed by atoms with E-state index in [1.165, 1.54) is 18.7 Å². The van der Waals surface area contributed by atoms with Crippen molar-refractivity contribution in [1.29, 1.82) is 0 Å². The molecule has 0 spiro atoms. The van der Waals surface area contributed by atoms with Gasteiger partial charge in [0.25, 0.3) is 5.91 Å². The van der Waals surface area contributed by atoms with E-state index in [9.17, 15) is 18.0 Å². The molecule has 1 fully saturated rings. The highest BCUT2D eigenvalue weighted by Gasteiger charge is 2.38. The van der Waals surface area contributed by atoms with Crippen LogP contribution < -0.4 is 10.2 Å². The number of carbonyl (C=O) groups is 1. The summed E-state index contributed by atoms with van der Waals surface area (Å²) in [7, 11) is 0. The number of halogens is 3. The van der Waals surface area contributed by atoms with E-state index in [0.29, 0.717) is 18.8 Å². The van der Waals surface area contributed by atoms with Gasteiger partial charge in [-0.25, -0.2) is 0 Å². The van der Waals surface area contributed by atoms with Crippen LogP contribution in [0.1, 0.15) is 47.3 Å². The highest BCUT2D eigenvalue weighted by Crippen LogP contribution is 2.34. The van der Waals surface area contributed by atoms with Gasteiger partial charge < -0.3 is 10.2 Å². The summed E-state index contributed by atoms with van der Waals surface area (Å²) in [6.07, 6.45) is 1.13. The minimum atomic E-state index is -4.68. The zero-order valence-corrected chi connectivity index (χ0v) is 17.2. The topological polar surface area (TPSA) is 58.1 Å². The zero-order chi connectivity index (χ0) is 21.0. The van der Waals surface area contributed by atoms with Gasteiger partial charge in [0.05, 0.1) is 5.56 Å². The number of aromatic nitrogens is 2. The first-order valence-corrected chi connectivity index (χ1v) is 10.7. The lowest BCUT2D eigenvalue weighted by Gasteiger charge is -2.25. The zero-order valence-electron chi connectivity index (χ0n) is 16.3. The largest absolute Gasteiger partial charge is 0.435 e. The SMILES string of the molecule is CSc1cccc(NC(=O)c2c(N3CCCCCC3)nnc(C(F)(F)F)c2C)c1. The molecule has 9 heteroatoms. The molecule has 0 bridgehead atoms. The number of anilines is 2. The molecule has 1 aromatic heterocycles. The highest BCUT2D eigenvalue weighted by molar-refractivity contribution is 7.98. The fourth-order valence-electron chi connectivity index (χ4n) is 3.45. The predicted molar refractivity (Wildman–Crippen MR) is 109 cm³/mol. The lowest BCUT2D eigenvalue weighted by molar-refractivity contribution is -0.142. The summed E-state index contributed by atoms with van der Waals surface area (Å²) < 4.78 is 40.2. The number of carbonyl (C=O) groups excluding carboxylic acids is 1. The molecule has 29 heavy (non-hydrogen) atoms. The van der Waals surface area contributed by atoms with Gasteiger partial charge in [0.15, 0.2) is 11.5 Å². The smallest absolute Gasteiger partial charge is 0.354 e. The average Bonchev–Trinajstić information content (AvgIpc) is 2.96. The molecule has 0 aliphatic carbocycles. The Bertz CT molecular complexity index is 881. The van der Waals surface area contributed by atoms with Crippen molar-refractivity contribution >= 4 is 29.2 Å². The summed E-state index contributed by atoms with van der Waals surface area (Å²) in [5.74, 6) is -0.392. The number of benzene rings is 1. The third kappa shape index (κ3) is 5.01. The molecule has 0 saturated carbocycles. The van der Waals surface area contributed by atoms with Crippen LogP contribution in [0.25, 0.3) is 0 Å². The lowest BCUT2D eigenvalue weighted by atomic mass is 10.1. The first kappa shape index (κ1) is 21.4. The number of amides is 1. The molecule has 1 amide bonds. The Morgan fingerprint density at radius 1 is 1.14 bits per heavy atom. The van der Waals surface area contributed by atoms with Crippen LogP contribution >= 0.6 is 11.8 Å². The molecule has 0 atom stereocenters. The van der Waals surface area contributed by atoms with Crippen LogP contribution in [0.2, 0.25) is 0 Å².